The maximum Gasteiger partial charge on any atom is 0.0840 e. The second kappa shape index (κ2) is 2.60. The first-order valence-electron chi connectivity index (χ1n) is 3.34. The molecular formula is C8H7NOS. The molecule has 0 unspecified atom stereocenters. The van der Waals surface area contributed by atoms with Crippen molar-refractivity contribution in [3.8, 4) is 0 Å². The fraction of sp³-hybridized carbons (Fsp3) is 0.125. The van der Waals surface area contributed by atoms with Crippen molar-refractivity contribution < 1.29 is 5.11 Å². The van der Waals surface area contributed by atoms with Crippen LogP contribution < -0.4 is 0 Å². The van der Waals surface area contributed by atoms with Crippen LogP contribution in [0, 0.1) is 0 Å². The number of fused-ring (bicyclic) bond motifs is 1. The van der Waals surface area contributed by atoms with Gasteiger partial charge in [0, 0.05) is 10.8 Å². The lowest BCUT2D eigenvalue weighted by atomic mass is 10.2. The smallest absolute Gasteiger partial charge is 0.0840 e. The van der Waals surface area contributed by atoms with Crippen LogP contribution in [0.3, 0.4) is 0 Å². The molecule has 3 heteroatoms. The lowest BCUT2D eigenvalue weighted by molar-refractivity contribution is 0.282. The van der Waals surface area contributed by atoms with Crippen LogP contribution in [0.4, 0.5) is 0 Å². The Hall–Kier alpha value is -0.930. The highest BCUT2D eigenvalue weighted by atomic mass is 32.1. The third kappa shape index (κ3) is 1.13. The Morgan fingerprint density at radius 3 is 3.18 bits per heavy atom. The molecule has 0 atom stereocenters. The quantitative estimate of drug-likeness (QED) is 0.698. The Labute approximate surface area is 68.3 Å². The molecule has 0 aliphatic carbocycles. The van der Waals surface area contributed by atoms with Gasteiger partial charge < -0.3 is 5.11 Å². The minimum absolute atomic E-state index is 0.103. The van der Waals surface area contributed by atoms with Gasteiger partial charge in [0.25, 0.3) is 0 Å². The predicted octanol–water partition coefficient (Wildman–Crippen LogP) is 1.79. The lowest BCUT2D eigenvalue weighted by Gasteiger charge is -1.93. The Balaban J connectivity index is 2.67. The van der Waals surface area contributed by atoms with Crippen LogP contribution >= 0.6 is 11.5 Å². The van der Waals surface area contributed by atoms with Crippen molar-refractivity contribution >= 4 is 22.4 Å². The summed E-state index contributed by atoms with van der Waals surface area (Å²) >= 11 is 1.44. The molecule has 2 nitrogen and oxygen atoms in total. The van der Waals surface area contributed by atoms with Crippen molar-refractivity contribution in [2.75, 3.05) is 0 Å². The Kier molecular flexibility index (Phi) is 1.60. The first-order chi connectivity index (χ1) is 5.40. The molecule has 0 aliphatic rings. The summed E-state index contributed by atoms with van der Waals surface area (Å²) in [7, 11) is 0. The van der Waals surface area contributed by atoms with Gasteiger partial charge in [-0.05, 0) is 29.2 Å². The fourth-order valence-corrected chi connectivity index (χ4v) is 1.65. The first kappa shape index (κ1) is 6.76. The van der Waals surface area contributed by atoms with Crippen molar-refractivity contribution in [1.82, 2.24) is 4.37 Å². The second-order valence-corrected chi connectivity index (χ2v) is 2.99. The van der Waals surface area contributed by atoms with Gasteiger partial charge in [0.05, 0.1) is 12.1 Å². The molecule has 0 bridgehead atoms. The second-order valence-electron chi connectivity index (χ2n) is 2.37. The number of benzene rings is 1. The molecule has 0 saturated carbocycles. The van der Waals surface area contributed by atoms with E-state index in [0.717, 1.165) is 16.5 Å². The molecule has 11 heavy (non-hydrogen) atoms. The van der Waals surface area contributed by atoms with E-state index in [2.05, 4.69) is 4.37 Å². The molecule has 0 radical (unpaired) electrons. The first-order valence-corrected chi connectivity index (χ1v) is 4.17. The van der Waals surface area contributed by atoms with Crippen molar-refractivity contribution in [2.45, 2.75) is 6.61 Å². The normalized spacial score (nSPS) is 10.6. The van der Waals surface area contributed by atoms with Gasteiger partial charge in [-0.3, -0.25) is 0 Å². The Bertz CT molecular complexity index is 369. The lowest BCUT2D eigenvalue weighted by Crippen LogP contribution is -1.80. The molecule has 0 spiro atoms. The molecule has 1 heterocycles. The monoisotopic (exact) mass is 165 g/mol. The molecule has 0 fully saturated rings. The van der Waals surface area contributed by atoms with Gasteiger partial charge in [0.2, 0.25) is 0 Å². The third-order valence-corrected chi connectivity index (χ3v) is 2.27. The molecule has 0 aliphatic heterocycles. The Morgan fingerprint density at radius 2 is 2.36 bits per heavy atom. The molecule has 2 aromatic rings. The number of hydrogen-bond acceptors (Lipinski definition) is 3. The number of aliphatic hydroxyl groups excluding tert-OH is 1. The van der Waals surface area contributed by atoms with Gasteiger partial charge in [0.15, 0.2) is 0 Å². The Morgan fingerprint density at radius 1 is 1.45 bits per heavy atom. The van der Waals surface area contributed by atoms with Crippen LogP contribution in [0.1, 0.15) is 5.56 Å². The average molecular weight is 165 g/mol. The zero-order valence-corrected chi connectivity index (χ0v) is 6.64. The summed E-state index contributed by atoms with van der Waals surface area (Å²) in [5, 5.41) is 11.9. The summed E-state index contributed by atoms with van der Waals surface area (Å²) in [5.74, 6) is 0. The molecule has 2 rings (SSSR count). The van der Waals surface area contributed by atoms with Gasteiger partial charge in [0.1, 0.15) is 0 Å². The summed E-state index contributed by atoms with van der Waals surface area (Å²) < 4.78 is 4.15. The molecule has 1 N–H and O–H groups in total. The molecule has 1 aromatic carbocycles. The highest BCUT2D eigenvalue weighted by Crippen LogP contribution is 2.16. The van der Waals surface area contributed by atoms with E-state index >= 15 is 0 Å². The zero-order chi connectivity index (χ0) is 7.68. The van der Waals surface area contributed by atoms with Crippen LogP contribution in [0.15, 0.2) is 23.6 Å². The van der Waals surface area contributed by atoms with Crippen LogP contribution in [0.2, 0.25) is 0 Å². The summed E-state index contributed by atoms with van der Waals surface area (Å²) in [4.78, 5) is 0. The minimum Gasteiger partial charge on any atom is -0.392 e. The van der Waals surface area contributed by atoms with E-state index in [9.17, 15) is 0 Å². The highest BCUT2D eigenvalue weighted by molar-refractivity contribution is 7.04. The maximum atomic E-state index is 8.82. The molecule has 0 amide bonds. The molecule has 1 aromatic heterocycles. The van der Waals surface area contributed by atoms with Crippen LogP contribution in [-0.4, -0.2) is 9.48 Å². The van der Waals surface area contributed by atoms with Gasteiger partial charge in [-0.2, -0.15) is 4.37 Å². The summed E-state index contributed by atoms with van der Waals surface area (Å²) in [6.07, 6.45) is 0. The summed E-state index contributed by atoms with van der Waals surface area (Å²) in [6, 6.07) is 5.78. The predicted molar refractivity (Wildman–Crippen MR) is 45.5 cm³/mol. The number of rotatable bonds is 1. The summed E-state index contributed by atoms with van der Waals surface area (Å²) in [5.41, 5.74) is 1.95. The molecule has 56 valence electrons. The number of aliphatic hydroxyl groups is 1. The van der Waals surface area contributed by atoms with E-state index in [4.69, 9.17) is 5.11 Å². The van der Waals surface area contributed by atoms with Crippen molar-refractivity contribution in [1.29, 1.82) is 0 Å². The van der Waals surface area contributed by atoms with Crippen molar-refractivity contribution in [3.05, 3.63) is 29.1 Å². The third-order valence-electron chi connectivity index (χ3n) is 1.61. The number of aromatic nitrogens is 1. The average Bonchev–Trinajstić information content (AvgIpc) is 2.50. The van der Waals surface area contributed by atoms with Crippen LogP contribution in [-0.2, 0) is 6.61 Å². The largest absolute Gasteiger partial charge is 0.392 e. The maximum absolute atomic E-state index is 8.82. The van der Waals surface area contributed by atoms with Crippen LogP contribution in [0.5, 0.6) is 0 Å². The van der Waals surface area contributed by atoms with Gasteiger partial charge >= 0.3 is 0 Å². The van der Waals surface area contributed by atoms with Gasteiger partial charge in [-0.15, -0.1) is 0 Å². The molecule has 0 saturated heterocycles. The topological polar surface area (TPSA) is 33.1 Å². The summed E-state index contributed by atoms with van der Waals surface area (Å²) in [6.45, 7) is 0.103. The minimum atomic E-state index is 0.103. The fourth-order valence-electron chi connectivity index (χ4n) is 1.02. The van der Waals surface area contributed by atoms with Gasteiger partial charge in [-0.1, -0.05) is 6.07 Å². The van der Waals surface area contributed by atoms with E-state index in [1.165, 1.54) is 11.5 Å². The standard InChI is InChI=1S/C8H7NOS/c10-4-6-1-2-8-7(3-6)5-11-9-8/h1-3,5,10H,4H2. The number of hydrogen-bond donors (Lipinski definition) is 1. The van der Waals surface area contributed by atoms with E-state index < -0.39 is 0 Å². The number of nitrogens with zero attached hydrogens (tertiary/aromatic N) is 1. The van der Waals surface area contributed by atoms with E-state index in [1.54, 1.807) is 0 Å². The molecular weight excluding hydrogens is 158 g/mol. The highest BCUT2D eigenvalue weighted by Gasteiger charge is 1.96. The van der Waals surface area contributed by atoms with Crippen molar-refractivity contribution in [3.63, 3.8) is 0 Å². The van der Waals surface area contributed by atoms with Gasteiger partial charge in [-0.25, -0.2) is 0 Å². The van der Waals surface area contributed by atoms with E-state index in [1.807, 2.05) is 23.6 Å². The zero-order valence-electron chi connectivity index (χ0n) is 5.82. The SMILES string of the molecule is OCc1ccc2nscc2c1. The van der Waals surface area contributed by atoms with E-state index in [-0.39, 0.29) is 6.61 Å². The van der Waals surface area contributed by atoms with Crippen molar-refractivity contribution in [2.24, 2.45) is 0 Å². The van der Waals surface area contributed by atoms with Crippen LogP contribution in [0.25, 0.3) is 10.9 Å². The van der Waals surface area contributed by atoms with E-state index in [0.29, 0.717) is 0 Å².